The maximum absolute atomic E-state index is 12.7. The highest BCUT2D eigenvalue weighted by Gasteiger charge is 2.34. The Bertz CT molecular complexity index is 798. The highest BCUT2D eigenvalue weighted by Crippen LogP contribution is 2.31. The minimum atomic E-state index is -0.236. The van der Waals surface area contributed by atoms with E-state index in [0.717, 1.165) is 18.2 Å². The van der Waals surface area contributed by atoms with E-state index in [0.29, 0.717) is 42.4 Å². The van der Waals surface area contributed by atoms with Gasteiger partial charge in [0.05, 0.1) is 11.8 Å². The summed E-state index contributed by atoms with van der Waals surface area (Å²) in [5.41, 5.74) is 1.75. The molecule has 118 valence electrons. The van der Waals surface area contributed by atoms with Crippen LogP contribution < -0.4 is 0 Å². The molecule has 2 aliphatic rings. The molecule has 1 saturated heterocycles. The molecule has 0 aliphatic carbocycles. The third kappa shape index (κ3) is 2.47. The molecule has 0 bridgehead atoms. The molecular weight excluding hydrogens is 294 g/mol. The fourth-order valence-electron chi connectivity index (χ4n) is 3.27. The molecule has 3 heterocycles. The van der Waals surface area contributed by atoms with Crippen molar-refractivity contribution >= 4 is 28.4 Å². The Morgan fingerprint density at radius 1 is 1.13 bits per heavy atom. The summed E-state index contributed by atoms with van der Waals surface area (Å²) in [6, 6.07) is 7.46. The van der Waals surface area contributed by atoms with Gasteiger partial charge < -0.3 is 9.15 Å². The predicted octanol–water partition coefficient (Wildman–Crippen LogP) is 2.61. The van der Waals surface area contributed by atoms with E-state index in [1.807, 2.05) is 24.3 Å². The third-order valence-electron chi connectivity index (χ3n) is 4.56. The number of fused-ring (bicyclic) bond motifs is 1. The summed E-state index contributed by atoms with van der Waals surface area (Å²) in [6.45, 7) is 1.87. The summed E-state index contributed by atoms with van der Waals surface area (Å²) in [4.78, 5) is 26.4. The van der Waals surface area contributed by atoms with Crippen molar-refractivity contribution in [3.8, 4) is 0 Å². The molecule has 0 atom stereocenters. The van der Waals surface area contributed by atoms with Gasteiger partial charge in [0.1, 0.15) is 5.58 Å². The van der Waals surface area contributed by atoms with Gasteiger partial charge in [-0.3, -0.25) is 14.5 Å². The zero-order valence-electron chi connectivity index (χ0n) is 12.7. The Kier molecular flexibility index (Phi) is 3.50. The largest absolute Gasteiger partial charge is 0.464 e. The Hall–Kier alpha value is -2.40. The van der Waals surface area contributed by atoms with Crippen LogP contribution in [0.15, 0.2) is 41.0 Å². The van der Waals surface area contributed by atoms with Crippen LogP contribution in [-0.2, 0) is 14.3 Å². The van der Waals surface area contributed by atoms with Gasteiger partial charge in [-0.2, -0.15) is 0 Å². The van der Waals surface area contributed by atoms with E-state index in [9.17, 15) is 9.59 Å². The summed E-state index contributed by atoms with van der Waals surface area (Å²) < 4.78 is 10.8. The normalized spacial score (nSPS) is 19.7. The number of furan rings is 1. The van der Waals surface area contributed by atoms with Gasteiger partial charge in [0.15, 0.2) is 0 Å². The number of para-hydroxylation sites is 1. The minimum Gasteiger partial charge on any atom is -0.464 e. The SMILES string of the molecule is O=C1C=C(c2cccc3ccoc23)C(=O)N1CC1CCOCC1. The van der Waals surface area contributed by atoms with Gasteiger partial charge in [0, 0.05) is 36.8 Å². The first-order valence-corrected chi connectivity index (χ1v) is 7.86. The second kappa shape index (κ2) is 5.66. The van der Waals surface area contributed by atoms with Crippen molar-refractivity contribution in [3.63, 3.8) is 0 Å². The van der Waals surface area contributed by atoms with Crippen LogP contribution in [0.3, 0.4) is 0 Å². The molecule has 1 aromatic heterocycles. The summed E-state index contributed by atoms with van der Waals surface area (Å²) in [7, 11) is 0. The van der Waals surface area contributed by atoms with Crippen molar-refractivity contribution in [1.29, 1.82) is 0 Å². The van der Waals surface area contributed by atoms with E-state index in [1.54, 1.807) is 6.26 Å². The van der Waals surface area contributed by atoms with Gasteiger partial charge in [-0.05, 0) is 24.8 Å². The first-order valence-electron chi connectivity index (χ1n) is 7.86. The van der Waals surface area contributed by atoms with Gasteiger partial charge in [0.25, 0.3) is 11.8 Å². The molecule has 2 amide bonds. The number of amides is 2. The Morgan fingerprint density at radius 2 is 1.96 bits per heavy atom. The topological polar surface area (TPSA) is 59.8 Å². The monoisotopic (exact) mass is 311 g/mol. The number of imide groups is 1. The van der Waals surface area contributed by atoms with Crippen LogP contribution in [-0.4, -0.2) is 36.5 Å². The predicted molar refractivity (Wildman–Crippen MR) is 84.5 cm³/mol. The van der Waals surface area contributed by atoms with Crippen molar-refractivity contribution in [1.82, 2.24) is 4.90 Å². The average Bonchev–Trinajstić information content (AvgIpc) is 3.15. The highest BCUT2D eigenvalue weighted by molar-refractivity contribution is 6.34. The summed E-state index contributed by atoms with van der Waals surface area (Å²) in [6.07, 6.45) is 4.80. The van der Waals surface area contributed by atoms with Crippen LogP contribution in [0, 0.1) is 5.92 Å². The van der Waals surface area contributed by atoms with Gasteiger partial charge in [-0.1, -0.05) is 18.2 Å². The van der Waals surface area contributed by atoms with Crippen LogP contribution in [0.1, 0.15) is 18.4 Å². The number of carbonyl (C=O) groups excluding carboxylic acids is 2. The van der Waals surface area contributed by atoms with Crippen molar-refractivity contribution in [2.75, 3.05) is 19.8 Å². The van der Waals surface area contributed by atoms with E-state index in [1.165, 1.54) is 11.0 Å². The number of benzene rings is 1. The molecule has 0 radical (unpaired) electrons. The van der Waals surface area contributed by atoms with Crippen molar-refractivity contribution in [2.24, 2.45) is 5.92 Å². The number of ether oxygens (including phenoxy) is 1. The number of rotatable bonds is 3. The van der Waals surface area contributed by atoms with Gasteiger partial charge in [0.2, 0.25) is 0 Å². The molecule has 5 nitrogen and oxygen atoms in total. The van der Waals surface area contributed by atoms with Crippen LogP contribution in [0.5, 0.6) is 0 Å². The molecule has 0 N–H and O–H groups in total. The summed E-state index contributed by atoms with van der Waals surface area (Å²) in [5, 5.41) is 0.923. The smallest absolute Gasteiger partial charge is 0.261 e. The Balaban J connectivity index is 1.61. The van der Waals surface area contributed by atoms with Crippen LogP contribution >= 0.6 is 0 Å². The molecule has 23 heavy (non-hydrogen) atoms. The van der Waals surface area contributed by atoms with E-state index in [-0.39, 0.29) is 11.8 Å². The number of nitrogens with zero attached hydrogens (tertiary/aromatic N) is 1. The van der Waals surface area contributed by atoms with Gasteiger partial charge in [-0.25, -0.2) is 0 Å². The van der Waals surface area contributed by atoms with Crippen LogP contribution in [0.25, 0.3) is 16.5 Å². The lowest BCUT2D eigenvalue weighted by Gasteiger charge is -2.26. The molecule has 0 saturated carbocycles. The molecule has 2 aromatic rings. The molecule has 5 heteroatoms. The van der Waals surface area contributed by atoms with E-state index >= 15 is 0 Å². The van der Waals surface area contributed by atoms with E-state index in [4.69, 9.17) is 9.15 Å². The van der Waals surface area contributed by atoms with Crippen LogP contribution in [0.4, 0.5) is 0 Å². The lowest BCUT2D eigenvalue weighted by Crippen LogP contribution is -2.37. The second-order valence-corrected chi connectivity index (χ2v) is 6.01. The average molecular weight is 311 g/mol. The lowest BCUT2D eigenvalue weighted by molar-refractivity contribution is -0.137. The molecule has 1 aromatic carbocycles. The van der Waals surface area contributed by atoms with Crippen molar-refractivity contribution < 1.29 is 18.7 Å². The first-order chi connectivity index (χ1) is 11.2. The van der Waals surface area contributed by atoms with Crippen molar-refractivity contribution in [2.45, 2.75) is 12.8 Å². The van der Waals surface area contributed by atoms with Gasteiger partial charge in [-0.15, -0.1) is 0 Å². The maximum atomic E-state index is 12.7. The molecule has 0 spiro atoms. The lowest BCUT2D eigenvalue weighted by atomic mass is 9.99. The zero-order valence-corrected chi connectivity index (χ0v) is 12.7. The molecular formula is C18H17NO4. The molecule has 1 fully saturated rings. The Labute approximate surface area is 133 Å². The third-order valence-corrected chi connectivity index (χ3v) is 4.56. The number of carbonyl (C=O) groups is 2. The standard InChI is InChI=1S/C18H17NO4/c20-16-10-15(14-3-1-2-13-6-9-23-17(13)14)18(21)19(16)11-12-4-7-22-8-5-12/h1-3,6,9-10,12H,4-5,7-8,11H2. The van der Waals surface area contributed by atoms with Crippen molar-refractivity contribution in [3.05, 3.63) is 42.2 Å². The maximum Gasteiger partial charge on any atom is 0.261 e. The second-order valence-electron chi connectivity index (χ2n) is 6.01. The summed E-state index contributed by atoms with van der Waals surface area (Å²) in [5.74, 6) is -0.144. The van der Waals surface area contributed by atoms with E-state index in [2.05, 4.69) is 0 Å². The van der Waals surface area contributed by atoms with E-state index < -0.39 is 0 Å². The quantitative estimate of drug-likeness (QED) is 0.818. The van der Waals surface area contributed by atoms with Crippen LogP contribution in [0.2, 0.25) is 0 Å². The fraction of sp³-hybridized carbons (Fsp3) is 0.333. The molecule has 2 aliphatic heterocycles. The molecule has 0 unspecified atom stereocenters. The summed E-state index contributed by atoms with van der Waals surface area (Å²) >= 11 is 0. The number of hydrogen-bond donors (Lipinski definition) is 0. The fourth-order valence-corrected chi connectivity index (χ4v) is 3.27. The number of hydrogen-bond acceptors (Lipinski definition) is 4. The van der Waals surface area contributed by atoms with Gasteiger partial charge >= 0.3 is 0 Å². The minimum absolute atomic E-state index is 0.231. The highest BCUT2D eigenvalue weighted by atomic mass is 16.5. The zero-order chi connectivity index (χ0) is 15.8. The first kappa shape index (κ1) is 14.2. The molecule has 4 rings (SSSR count). The Morgan fingerprint density at radius 3 is 2.78 bits per heavy atom.